The van der Waals surface area contributed by atoms with Crippen LogP contribution in [0.1, 0.15) is 33.7 Å². The summed E-state index contributed by atoms with van der Waals surface area (Å²) in [5.41, 5.74) is 9.54. The number of H-pyrrole nitrogens is 1. The molecule has 1 aromatic carbocycles. The Labute approximate surface area is 160 Å². The van der Waals surface area contributed by atoms with Gasteiger partial charge in [0.05, 0.1) is 5.92 Å². The molecule has 0 spiro atoms. The van der Waals surface area contributed by atoms with Crippen molar-refractivity contribution in [3.63, 3.8) is 0 Å². The zero-order chi connectivity index (χ0) is 18.4. The van der Waals surface area contributed by atoms with Gasteiger partial charge >= 0.3 is 0 Å². The molecule has 0 saturated heterocycles. The molecule has 0 bridgehead atoms. The Morgan fingerprint density at radius 2 is 2.04 bits per heavy atom. The first-order valence-electron chi connectivity index (χ1n) is 9.52. The van der Waals surface area contributed by atoms with E-state index in [-0.39, 0.29) is 11.8 Å². The van der Waals surface area contributed by atoms with Gasteiger partial charge in [-0.2, -0.15) is 0 Å². The highest BCUT2D eigenvalue weighted by atomic mass is 16.1. The predicted molar refractivity (Wildman–Crippen MR) is 113 cm³/mol. The number of dihydropyridines is 1. The third-order valence-electron chi connectivity index (χ3n) is 6.43. The number of carbonyl (C=O) groups excluding carboxylic acids is 1. The summed E-state index contributed by atoms with van der Waals surface area (Å²) in [4.78, 5) is 20.3. The summed E-state index contributed by atoms with van der Waals surface area (Å²) in [7, 11) is 0. The van der Waals surface area contributed by atoms with E-state index >= 15 is 0 Å². The van der Waals surface area contributed by atoms with Gasteiger partial charge in [0.1, 0.15) is 0 Å². The van der Waals surface area contributed by atoms with E-state index in [1.54, 1.807) is 6.21 Å². The van der Waals surface area contributed by atoms with Crippen molar-refractivity contribution in [3.8, 4) is 11.1 Å². The van der Waals surface area contributed by atoms with Gasteiger partial charge in [-0.25, -0.2) is 4.99 Å². The highest BCUT2D eigenvalue weighted by Crippen LogP contribution is 2.53. The van der Waals surface area contributed by atoms with Gasteiger partial charge in [0, 0.05) is 36.3 Å². The van der Waals surface area contributed by atoms with Crippen molar-refractivity contribution in [1.29, 1.82) is 0 Å². The summed E-state index contributed by atoms with van der Waals surface area (Å²) in [6, 6.07) is 2.10. The molecule has 4 heteroatoms. The van der Waals surface area contributed by atoms with Crippen LogP contribution in [0.25, 0.3) is 45.7 Å². The van der Waals surface area contributed by atoms with Crippen molar-refractivity contribution in [3.05, 3.63) is 69.8 Å². The van der Waals surface area contributed by atoms with Gasteiger partial charge in [-0.05, 0) is 73.8 Å². The monoisotopic (exact) mass is 361 g/mol. The normalized spacial score (nSPS) is 20.1. The first-order valence-corrected chi connectivity index (χ1v) is 9.52. The number of rotatable bonds is 0. The molecule has 1 atom stereocenters. The Hall–Kier alpha value is -3.66. The summed E-state index contributed by atoms with van der Waals surface area (Å²) in [6.07, 6.45) is 18.3. The summed E-state index contributed by atoms with van der Waals surface area (Å²) in [5, 5.41) is 7.11. The van der Waals surface area contributed by atoms with Crippen LogP contribution in [-0.2, 0) is 11.3 Å². The third-order valence-corrected chi connectivity index (χ3v) is 6.43. The second-order valence-corrected chi connectivity index (χ2v) is 7.64. The maximum absolute atomic E-state index is 12.9. The van der Waals surface area contributed by atoms with Gasteiger partial charge in [0.25, 0.3) is 5.91 Å². The van der Waals surface area contributed by atoms with Crippen LogP contribution < -0.4 is 10.5 Å². The number of allylic oxidation sites excluding steroid dienone is 2. The molecule has 0 aromatic heterocycles. The molecular weight excluding hydrogens is 346 g/mol. The standard InChI is InChI=1S/C24H15N3O/c28-24-23-16(6-9-27-24)15-5-8-26-11-18-12-4-7-25-10-17(12)19-13-2-1-3-14(13)21(23)20(15)22(18)19/h1-9,11,23,25-26H,10H2. The number of benzene rings is 1. The van der Waals surface area contributed by atoms with Crippen molar-refractivity contribution in [2.75, 3.05) is 0 Å². The molecule has 7 rings (SSSR count). The fourth-order valence-corrected chi connectivity index (χ4v) is 5.43. The molecule has 3 heterocycles. The lowest BCUT2D eigenvalue weighted by Crippen LogP contribution is -2.17. The molecule has 1 unspecified atom stereocenters. The number of amides is 1. The van der Waals surface area contributed by atoms with E-state index in [2.05, 4.69) is 51.9 Å². The summed E-state index contributed by atoms with van der Waals surface area (Å²) in [5.74, 6) is -0.375. The minimum Gasteiger partial charge on any atom is -0.387 e. The number of nitrogens with zero attached hydrogens (tertiary/aromatic N) is 1. The number of aromatic nitrogens is 1. The Kier molecular flexibility index (Phi) is 2.46. The topological polar surface area (TPSA) is 57.2 Å². The van der Waals surface area contributed by atoms with E-state index in [9.17, 15) is 4.79 Å². The van der Waals surface area contributed by atoms with Gasteiger partial charge in [-0.1, -0.05) is 18.2 Å². The number of aromatic amines is 1. The van der Waals surface area contributed by atoms with Crippen LogP contribution in [0.2, 0.25) is 0 Å². The second kappa shape index (κ2) is 4.78. The summed E-state index contributed by atoms with van der Waals surface area (Å²) >= 11 is 0. The first kappa shape index (κ1) is 14.4. The van der Waals surface area contributed by atoms with Gasteiger partial charge in [0.15, 0.2) is 0 Å². The maximum Gasteiger partial charge on any atom is 0.257 e. The summed E-state index contributed by atoms with van der Waals surface area (Å²) < 4.78 is 0. The highest BCUT2D eigenvalue weighted by molar-refractivity contribution is 6.22. The van der Waals surface area contributed by atoms with E-state index in [0.29, 0.717) is 0 Å². The molecule has 0 radical (unpaired) electrons. The van der Waals surface area contributed by atoms with E-state index in [0.717, 1.165) is 23.2 Å². The summed E-state index contributed by atoms with van der Waals surface area (Å²) in [6.45, 7) is 0.812. The maximum atomic E-state index is 12.9. The molecule has 6 aliphatic rings. The van der Waals surface area contributed by atoms with Crippen molar-refractivity contribution in [1.82, 2.24) is 10.3 Å². The molecule has 1 amide bonds. The Bertz CT molecular complexity index is 1430. The van der Waals surface area contributed by atoms with Gasteiger partial charge < -0.3 is 10.3 Å². The SMILES string of the molecule is O=C1N=CC=C2c3cc[nH]cc4c5c(c6c-4c3c(c3c6=CC=C3)C12)CNC=C5. The van der Waals surface area contributed by atoms with Crippen LogP contribution in [0.15, 0.2) is 41.8 Å². The highest BCUT2D eigenvalue weighted by Gasteiger charge is 2.40. The zero-order valence-corrected chi connectivity index (χ0v) is 14.9. The average Bonchev–Trinajstić information content (AvgIpc) is 3.36. The fourth-order valence-electron chi connectivity index (χ4n) is 5.43. The minimum atomic E-state index is -0.305. The predicted octanol–water partition coefficient (Wildman–Crippen LogP) is 3.53. The van der Waals surface area contributed by atoms with Gasteiger partial charge in [-0.3, -0.25) is 4.79 Å². The molecule has 132 valence electrons. The number of carbonyl (C=O) groups is 1. The number of hydrogen-bond donors (Lipinski definition) is 2. The van der Waals surface area contributed by atoms with Gasteiger partial charge in [0.2, 0.25) is 0 Å². The molecule has 3 aliphatic carbocycles. The van der Waals surface area contributed by atoms with E-state index in [1.807, 2.05) is 18.5 Å². The lowest BCUT2D eigenvalue weighted by molar-refractivity contribution is -0.118. The first-order chi connectivity index (χ1) is 13.8. The van der Waals surface area contributed by atoms with Crippen molar-refractivity contribution in [2.24, 2.45) is 4.99 Å². The van der Waals surface area contributed by atoms with E-state index in [1.165, 1.54) is 43.8 Å². The van der Waals surface area contributed by atoms with Crippen LogP contribution in [0.3, 0.4) is 0 Å². The zero-order valence-electron chi connectivity index (χ0n) is 14.9. The smallest absolute Gasteiger partial charge is 0.257 e. The molecule has 2 N–H and O–H groups in total. The molecule has 3 aliphatic heterocycles. The van der Waals surface area contributed by atoms with Crippen LogP contribution >= 0.6 is 0 Å². The number of aliphatic imine (C=N–C) groups is 1. The Balaban J connectivity index is 1.81. The molecule has 1 aromatic rings. The second-order valence-electron chi connectivity index (χ2n) is 7.64. The molecule has 0 fully saturated rings. The van der Waals surface area contributed by atoms with Crippen LogP contribution in [0.5, 0.6) is 0 Å². The van der Waals surface area contributed by atoms with Crippen molar-refractivity contribution < 1.29 is 4.79 Å². The van der Waals surface area contributed by atoms with E-state index in [4.69, 9.17) is 0 Å². The quantitative estimate of drug-likeness (QED) is 0.644. The van der Waals surface area contributed by atoms with Crippen LogP contribution in [0, 0.1) is 0 Å². The average molecular weight is 361 g/mol. The van der Waals surface area contributed by atoms with Crippen molar-refractivity contribution >= 4 is 46.7 Å². The largest absolute Gasteiger partial charge is 0.387 e. The number of nitrogens with one attached hydrogen (secondary N) is 2. The minimum absolute atomic E-state index is 0.0698. The molecule has 4 nitrogen and oxygen atoms in total. The Morgan fingerprint density at radius 1 is 1.07 bits per heavy atom. The lowest BCUT2D eigenvalue weighted by atomic mass is 9.88. The van der Waals surface area contributed by atoms with Gasteiger partial charge in [-0.15, -0.1) is 0 Å². The molecule has 28 heavy (non-hydrogen) atoms. The molecular formula is C24H15N3O. The fraction of sp³-hybridized carbons (Fsp3) is 0.0833. The van der Waals surface area contributed by atoms with Crippen molar-refractivity contribution in [2.45, 2.75) is 12.5 Å². The van der Waals surface area contributed by atoms with Crippen LogP contribution in [-0.4, -0.2) is 17.1 Å². The van der Waals surface area contributed by atoms with E-state index < -0.39 is 0 Å². The number of hydrogen-bond acceptors (Lipinski definition) is 2. The lowest BCUT2D eigenvalue weighted by Gasteiger charge is -2.16. The van der Waals surface area contributed by atoms with Crippen LogP contribution in [0.4, 0.5) is 0 Å². The molecule has 0 saturated carbocycles. The Morgan fingerprint density at radius 3 is 3.00 bits per heavy atom. The number of fused-ring (bicyclic) bond motifs is 9. The third kappa shape index (κ3) is 1.50.